The standard InChI is InChI=1S/C15H23N3S.HI/c1-12(19-3)10-17-15(16-2)18-9-8-13-6-4-5-7-14(13)11-18;/h4-7,12H,8-11H2,1-3H3,(H,16,17);1H. The van der Waals surface area contributed by atoms with Crippen molar-refractivity contribution in [2.75, 3.05) is 26.4 Å². The Morgan fingerprint density at radius 2 is 2.10 bits per heavy atom. The van der Waals surface area contributed by atoms with E-state index >= 15 is 0 Å². The highest BCUT2D eigenvalue weighted by Gasteiger charge is 2.18. The SMILES string of the molecule is CN=C(NCC(C)SC)N1CCc2ccccc2C1.I. The Labute approximate surface area is 143 Å². The highest BCUT2D eigenvalue weighted by atomic mass is 127. The molecule has 0 amide bonds. The molecule has 1 unspecified atom stereocenters. The lowest BCUT2D eigenvalue weighted by Crippen LogP contribution is -2.45. The molecule has 1 aromatic carbocycles. The van der Waals surface area contributed by atoms with Gasteiger partial charge in [0.15, 0.2) is 5.96 Å². The first-order valence-corrected chi connectivity index (χ1v) is 8.08. The van der Waals surface area contributed by atoms with E-state index in [-0.39, 0.29) is 24.0 Å². The van der Waals surface area contributed by atoms with E-state index in [4.69, 9.17) is 0 Å². The molecule has 1 heterocycles. The molecule has 0 spiro atoms. The van der Waals surface area contributed by atoms with Crippen molar-refractivity contribution in [3.05, 3.63) is 35.4 Å². The maximum atomic E-state index is 4.41. The zero-order valence-electron chi connectivity index (χ0n) is 12.4. The quantitative estimate of drug-likeness (QED) is 0.476. The summed E-state index contributed by atoms with van der Waals surface area (Å²) in [5.74, 6) is 1.02. The van der Waals surface area contributed by atoms with Gasteiger partial charge in [-0.1, -0.05) is 31.2 Å². The molecule has 2 rings (SSSR count). The van der Waals surface area contributed by atoms with Gasteiger partial charge in [0.1, 0.15) is 0 Å². The summed E-state index contributed by atoms with van der Waals surface area (Å²) in [6, 6.07) is 8.70. The molecule has 5 heteroatoms. The van der Waals surface area contributed by atoms with Crippen molar-refractivity contribution < 1.29 is 0 Å². The van der Waals surface area contributed by atoms with E-state index < -0.39 is 0 Å². The fraction of sp³-hybridized carbons (Fsp3) is 0.533. The summed E-state index contributed by atoms with van der Waals surface area (Å²) in [6.07, 6.45) is 3.25. The molecule has 0 saturated heterocycles. The minimum Gasteiger partial charge on any atom is -0.355 e. The van der Waals surface area contributed by atoms with Crippen LogP contribution in [0.25, 0.3) is 0 Å². The van der Waals surface area contributed by atoms with E-state index in [1.54, 1.807) is 0 Å². The Bertz CT molecular complexity index is 450. The zero-order valence-corrected chi connectivity index (χ0v) is 15.6. The molecule has 0 radical (unpaired) electrons. The van der Waals surface area contributed by atoms with Crippen molar-refractivity contribution in [2.45, 2.75) is 25.1 Å². The third-order valence-corrected chi connectivity index (χ3v) is 4.56. The fourth-order valence-electron chi connectivity index (χ4n) is 2.33. The number of thioether (sulfide) groups is 1. The average molecular weight is 405 g/mol. The van der Waals surface area contributed by atoms with Crippen LogP contribution in [0.5, 0.6) is 0 Å². The number of guanidine groups is 1. The predicted octanol–water partition coefficient (Wildman–Crippen LogP) is 2.99. The maximum absolute atomic E-state index is 4.41. The minimum absolute atomic E-state index is 0. The molecule has 1 aliphatic rings. The number of halogens is 1. The van der Waals surface area contributed by atoms with Gasteiger partial charge >= 0.3 is 0 Å². The monoisotopic (exact) mass is 405 g/mol. The summed E-state index contributed by atoms with van der Waals surface area (Å²) in [5.41, 5.74) is 2.90. The molecule has 0 fully saturated rings. The number of benzene rings is 1. The normalized spacial score (nSPS) is 16.1. The van der Waals surface area contributed by atoms with E-state index in [2.05, 4.69) is 52.7 Å². The second-order valence-corrected chi connectivity index (χ2v) is 6.19. The number of aliphatic imine (C=N–C) groups is 1. The first-order valence-electron chi connectivity index (χ1n) is 6.79. The fourth-order valence-corrected chi connectivity index (χ4v) is 2.58. The van der Waals surface area contributed by atoms with Crippen molar-refractivity contribution in [3.8, 4) is 0 Å². The number of nitrogens with one attached hydrogen (secondary N) is 1. The van der Waals surface area contributed by atoms with Crippen LogP contribution in [-0.4, -0.2) is 42.5 Å². The second-order valence-electron chi connectivity index (χ2n) is 4.91. The largest absolute Gasteiger partial charge is 0.355 e. The molecular formula is C15H24IN3S. The molecule has 1 aliphatic heterocycles. The van der Waals surface area contributed by atoms with Crippen molar-refractivity contribution in [3.63, 3.8) is 0 Å². The highest BCUT2D eigenvalue weighted by Crippen LogP contribution is 2.18. The Morgan fingerprint density at radius 1 is 1.40 bits per heavy atom. The molecule has 0 bridgehead atoms. The van der Waals surface area contributed by atoms with Gasteiger partial charge < -0.3 is 10.2 Å². The van der Waals surface area contributed by atoms with Gasteiger partial charge in [-0.25, -0.2) is 0 Å². The summed E-state index contributed by atoms with van der Waals surface area (Å²) in [5, 5.41) is 4.08. The summed E-state index contributed by atoms with van der Waals surface area (Å²) < 4.78 is 0. The third kappa shape index (κ3) is 4.55. The smallest absolute Gasteiger partial charge is 0.193 e. The van der Waals surface area contributed by atoms with Gasteiger partial charge in [0.2, 0.25) is 0 Å². The molecule has 3 nitrogen and oxygen atoms in total. The van der Waals surface area contributed by atoms with Crippen molar-refractivity contribution >= 4 is 41.7 Å². The van der Waals surface area contributed by atoms with Gasteiger partial charge in [0.25, 0.3) is 0 Å². The maximum Gasteiger partial charge on any atom is 0.193 e. The third-order valence-electron chi connectivity index (χ3n) is 3.59. The Kier molecular flexibility index (Phi) is 7.72. The van der Waals surface area contributed by atoms with E-state index in [1.165, 1.54) is 11.1 Å². The van der Waals surface area contributed by atoms with Crippen molar-refractivity contribution in [2.24, 2.45) is 4.99 Å². The summed E-state index contributed by atoms with van der Waals surface area (Å²) in [4.78, 5) is 6.76. The minimum atomic E-state index is 0. The lowest BCUT2D eigenvalue weighted by molar-refractivity contribution is 0.379. The van der Waals surface area contributed by atoms with Crippen LogP contribution in [0.4, 0.5) is 0 Å². The number of nitrogens with zero attached hydrogens (tertiary/aromatic N) is 2. The highest BCUT2D eigenvalue weighted by molar-refractivity contribution is 14.0. The Hall–Kier alpha value is -0.430. The number of hydrogen-bond donors (Lipinski definition) is 1. The molecular weight excluding hydrogens is 381 g/mol. The first kappa shape index (κ1) is 17.6. The number of rotatable bonds is 3. The van der Waals surface area contributed by atoms with Crippen LogP contribution >= 0.6 is 35.7 Å². The van der Waals surface area contributed by atoms with Gasteiger partial charge in [-0.15, -0.1) is 24.0 Å². The van der Waals surface area contributed by atoms with Crippen molar-refractivity contribution in [1.82, 2.24) is 10.2 Å². The molecule has 1 aromatic rings. The van der Waals surface area contributed by atoms with E-state index in [0.29, 0.717) is 5.25 Å². The molecule has 20 heavy (non-hydrogen) atoms. The topological polar surface area (TPSA) is 27.6 Å². The Balaban J connectivity index is 0.00000200. The van der Waals surface area contributed by atoms with Crippen LogP contribution < -0.4 is 5.32 Å². The molecule has 0 aliphatic carbocycles. The lowest BCUT2D eigenvalue weighted by atomic mass is 10.0. The van der Waals surface area contributed by atoms with E-state index in [9.17, 15) is 0 Å². The number of fused-ring (bicyclic) bond motifs is 1. The van der Waals surface area contributed by atoms with Gasteiger partial charge in [0.05, 0.1) is 0 Å². The molecule has 0 saturated carbocycles. The van der Waals surface area contributed by atoms with E-state index in [0.717, 1.165) is 32.0 Å². The van der Waals surface area contributed by atoms with Gasteiger partial charge in [-0.2, -0.15) is 11.8 Å². The molecule has 112 valence electrons. The van der Waals surface area contributed by atoms with Crippen molar-refractivity contribution in [1.29, 1.82) is 0 Å². The molecule has 1 N–H and O–H groups in total. The van der Waals surface area contributed by atoms with Gasteiger partial charge in [-0.3, -0.25) is 4.99 Å². The van der Waals surface area contributed by atoms with Crippen LogP contribution in [0.15, 0.2) is 29.3 Å². The summed E-state index contributed by atoms with van der Waals surface area (Å²) in [6.45, 7) is 5.20. The average Bonchev–Trinajstić information content (AvgIpc) is 2.47. The van der Waals surface area contributed by atoms with Gasteiger partial charge in [-0.05, 0) is 23.8 Å². The second kappa shape index (κ2) is 8.77. The van der Waals surface area contributed by atoms with Gasteiger partial charge in [0, 0.05) is 31.9 Å². The lowest BCUT2D eigenvalue weighted by Gasteiger charge is -2.32. The van der Waals surface area contributed by atoms with Crippen LogP contribution in [0.1, 0.15) is 18.1 Å². The van der Waals surface area contributed by atoms with Crippen LogP contribution in [0.3, 0.4) is 0 Å². The molecule has 1 atom stereocenters. The van der Waals surface area contributed by atoms with Crippen LogP contribution in [0.2, 0.25) is 0 Å². The predicted molar refractivity (Wildman–Crippen MR) is 100 cm³/mol. The summed E-state index contributed by atoms with van der Waals surface area (Å²) in [7, 11) is 1.87. The molecule has 0 aromatic heterocycles. The zero-order chi connectivity index (χ0) is 13.7. The first-order chi connectivity index (χ1) is 9.24. The van der Waals surface area contributed by atoms with E-state index in [1.807, 2.05) is 18.8 Å². The number of hydrogen-bond acceptors (Lipinski definition) is 2. The summed E-state index contributed by atoms with van der Waals surface area (Å²) >= 11 is 1.88. The van der Waals surface area contributed by atoms with Crippen LogP contribution in [0, 0.1) is 0 Å². The Morgan fingerprint density at radius 3 is 2.75 bits per heavy atom. The van der Waals surface area contributed by atoms with Crippen LogP contribution in [-0.2, 0) is 13.0 Å².